The van der Waals surface area contributed by atoms with Crippen molar-refractivity contribution in [2.24, 2.45) is 5.11 Å². The molecule has 1 saturated heterocycles. The number of hydrogen-bond donors (Lipinski definition) is 3. The first-order chi connectivity index (χ1) is 9.80. The molecule has 4 N–H and O–H groups in total. The number of ether oxygens (including phenoxy) is 1. The van der Waals surface area contributed by atoms with Gasteiger partial charge in [0.1, 0.15) is 0 Å². The Morgan fingerprint density at radius 2 is 2.19 bits per heavy atom. The van der Waals surface area contributed by atoms with Gasteiger partial charge in [0.05, 0.1) is 6.10 Å². The Labute approximate surface area is 117 Å². The highest BCUT2D eigenvalue weighted by Crippen LogP contribution is 2.35. The van der Waals surface area contributed by atoms with Gasteiger partial charge in [-0.2, -0.15) is 28.3 Å². The number of nitrogens with one attached hydrogen (secondary N) is 1. The van der Waals surface area contributed by atoms with Crippen LogP contribution in [0.5, 0.6) is 6.01 Å². The number of aliphatic hydroxyl groups excluding tert-OH is 1. The predicted octanol–water partition coefficient (Wildman–Crippen LogP) is 1.23. The van der Waals surface area contributed by atoms with Crippen LogP contribution in [0.2, 0.25) is 0 Å². The number of β-amino-alcohol motifs (C(OH)–C–C–N with tert-alkyl or cyclic N) is 1. The Balaban J connectivity index is 2.29. The second kappa shape index (κ2) is 5.68. The molecule has 1 aromatic rings. The van der Waals surface area contributed by atoms with Crippen LogP contribution in [0.4, 0.5) is 30.5 Å². The fraction of sp³-hybridized carbons (Fsp3) is 0.600. The minimum Gasteiger partial charge on any atom is -0.454 e. The van der Waals surface area contributed by atoms with E-state index in [2.05, 4.69) is 19.8 Å². The highest BCUT2D eigenvalue weighted by molar-refractivity contribution is 5.73. The van der Waals surface area contributed by atoms with Crippen LogP contribution >= 0.6 is 0 Å². The van der Waals surface area contributed by atoms with E-state index < -0.39 is 24.9 Å². The molecule has 116 valence electrons. The van der Waals surface area contributed by atoms with Crippen molar-refractivity contribution >= 4 is 17.3 Å². The molecule has 0 spiro atoms. The number of nitrogens with zero attached hydrogens (tertiary/aromatic N) is 4. The van der Waals surface area contributed by atoms with Gasteiger partial charge in [-0.15, -0.1) is 0 Å². The van der Waals surface area contributed by atoms with Crippen LogP contribution < -0.4 is 15.4 Å². The Morgan fingerprint density at radius 3 is 2.71 bits per heavy atom. The lowest BCUT2D eigenvalue weighted by molar-refractivity contribution is -0.154. The van der Waals surface area contributed by atoms with Crippen LogP contribution in [0.3, 0.4) is 0 Å². The van der Waals surface area contributed by atoms with Crippen molar-refractivity contribution in [1.82, 2.24) is 9.97 Å². The van der Waals surface area contributed by atoms with E-state index in [0.29, 0.717) is 13.0 Å². The van der Waals surface area contributed by atoms with Crippen LogP contribution in [0, 0.1) is 5.53 Å². The Kier molecular flexibility index (Phi) is 4.11. The third-order valence-corrected chi connectivity index (χ3v) is 2.81. The largest absolute Gasteiger partial charge is 0.454 e. The summed E-state index contributed by atoms with van der Waals surface area (Å²) in [5.74, 6) is -0.181. The van der Waals surface area contributed by atoms with Crippen molar-refractivity contribution in [3.63, 3.8) is 0 Å². The zero-order valence-corrected chi connectivity index (χ0v) is 10.8. The van der Waals surface area contributed by atoms with E-state index in [0.717, 1.165) is 0 Å². The van der Waals surface area contributed by atoms with Crippen LogP contribution in [0.25, 0.3) is 0 Å². The molecule has 0 saturated carbocycles. The lowest BCUT2D eigenvalue weighted by Gasteiger charge is -2.19. The van der Waals surface area contributed by atoms with Gasteiger partial charge in [0.15, 0.2) is 23.9 Å². The van der Waals surface area contributed by atoms with Crippen LogP contribution in [-0.2, 0) is 0 Å². The van der Waals surface area contributed by atoms with Crippen LogP contribution in [0.1, 0.15) is 6.42 Å². The summed E-state index contributed by atoms with van der Waals surface area (Å²) in [7, 11) is 0. The molecule has 0 bridgehead atoms. The minimum absolute atomic E-state index is 0.0662. The lowest BCUT2D eigenvalue weighted by Crippen LogP contribution is -2.24. The summed E-state index contributed by atoms with van der Waals surface area (Å²) in [6.45, 7) is -0.914. The fourth-order valence-electron chi connectivity index (χ4n) is 1.91. The molecule has 0 aliphatic carbocycles. The second-order valence-corrected chi connectivity index (χ2v) is 4.47. The average molecular weight is 306 g/mol. The molecule has 1 aliphatic heterocycles. The molecule has 1 fully saturated rings. The van der Waals surface area contributed by atoms with E-state index in [1.807, 2.05) is 0 Å². The third-order valence-electron chi connectivity index (χ3n) is 2.81. The molecule has 8 nitrogen and oxygen atoms in total. The quantitative estimate of drug-likeness (QED) is 0.719. The number of aliphatic hydroxyl groups is 1. The van der Waals surface area contributed by atoms with E-state index >= 15 is 0 Å². The molecule has 2 rings (SSSR count). The topological polar surface area (TPSA) is 121 Å². The van der Waals surface area contributed by atoms with Gasteiger partial charge < -0.3 is 20.5 Å². The minimum atomic E-state index is -4.53. The Bertz CT molecular complexity index is 538. The van der Waals surface area contributed by atoms with Crippen molar-refractivity contribution < 1.29 is 23.0 Å². The van der Waals surface area contributed by atoms with Crippen molar-refractivity contribution in [2.75, 3.05) is 30.3 Å². The standard InChI is InChI=1S/C10H13F3N6O2/c11-10(12,13)4-21-9-16-7(14)6(18-15)8(17-9)19-2-1-5(20)3-19/h5,15,20H,1-4H2,(H2,14,16,17). The number of alkyl halides is 3. The zero-order valence-electron chi connectivity index (χ0n) is 10.8. The maximum Gasteiger partial charge on any atom is 0.422 e. The number of aromatic nitrogens is 2. The van der Waals surface area contributed by atoms with Gasteiger partial charge >= 0.3 is 12.2 Å². The predicted molar refractivity (Wildman–Crippen MR) is 65.6 cm³/mol. The number of nitrogen functional groups attached to an aromatic ring is 1. The smallest absolute Gasteiger partial charge is 0.422 e. The molecule has 0 radical (unpaired) electrons. The molecule has 2 heterocycles. The summed E-state index contributed by atoms with van der Waals surface area (Å²) in [6, 6.07) is -0.548. The summed E-state index contributed by atoms with van der Waals surface area (Å²) >= 11 is 0. The van der Waals surface area contributed by atoms with Gasteiger partial charge in [0, 0.05) is 13.1 Å². The summed E-state index contributed by atoms with van der Waals surface area (Å²) in [4.78, 5) is 8.92. The third kappa shape index (κ3) is 3.68. The van der Waals surface area contributed by atoms with Crippen LogP contribution in [-0.4, -0.2) is 47.1 Å². The highest BCUT2D eigenvalue weighted by Gasteiger charge is 2.30. The molecular weight excluding hydrogens is 293 g/mol. The van der Waals surface area contributed by atoms with E-state index in [9.17, 15) is 18.3 Å². The van der Waals surface area contributed by atoms with Gasteiger partial charge in [0.25, 0.3) is 0 Å². The van der Waals surface area contributed by atoms with Crippen molar-refractivity contribution in [1.29, 1.82) is 5.53 Å². The molecule has 11 heteroatoms. The number of halogens is 3. The summed E-state index contributed by atoms with van der Waals surface area (Å²) in [5, 5.41) is 12.7. The lowest BCUT2D eigenvalue weighted by atomic mass is 10.3. The van der Waals surface area contributed by atoms with Crippen molar-refractivity contribution in [2.45, 2.75) is 18.7 Å². The van der Waals surface area contributed by atoms with Gasteiger partial charge in [-0.1, -0.05) is 0 Å². The monoisotopic (exact) mass is 306 g/mol. The zero-order chi connectivity index (χ0) is 15.6. The Morgan fingerprint density at radius 1 is 1.48 bits per heavy atom. The molecule has 0 aromatic carbocycles. The number of anilines is 2. The van der Waals surface area contributed by atoms with Gasteiger partial charge in [-0.05, 0) is 6.42 Å². The summed E-state index contributed by atoms with van der Waals surface area (Å²) in [5.41, 5.74) is 12.6. The first-order valence-corrected chi connectivity index (χ1v) is 5.97. The molecule has 1 aliphatic rings. The first kappa shape index (κ1) is 15.2. The maximum atomic E-state index is 12.1. The van der Waals surface area contributed by atoms with Crippen LogP contribution in [0.15, 0.2) is 5.11 Å². The molecule has 21 heavy (non-hydrogen) atoms. The van der Waals surface area contributed by atoms with E-state index in [-0.39, 0.29) is 23.9 Å². The number of hydrogen-bond acceptors (Lipinski definition) is 8. The Hall–Kier alpha value is -2.17. The average Bonchev–Trinajstić information content (AvgIpc) is 2.81. The summed E-state index contributed by atoms with van der Waals surface area (Å²) in [6.07, 6.45) is -4.64. The van der Waals surface area contributed by atoms with Gasteiger partial charge in [-0.25, -0.2) is 5.53 Å². The SMILES string of the molecule is N=Nc1c(N)nc(OCC(F)(F)F)nc1N1CCC(O)C1. The van der Waals surface area contributed by atoms with Crippen molar-refractivity contribution in [3.05, 3.63) is 0 Å². The molecule has 1 unspecified atom stereocenters. The second-order valence-electron chi connectivity index (χ2n) is 4.47. The van der Waals surface area contributed by atoms with Gasteiger partial charge in [-0.3, -0.25) is 0 Å². The summed E-state index contributed by atoms with van der Waals surface area (Å²) < 4.78 is 40.9. The highest BCUT2D eigenvalue weighted by atomic mass is 19.4. The number of nitrogens with two attached hydrogens (primary N) is 1. The maximum absolute atomic E-state index is 12.1. The molecule has 1 aromatic heterocycles. The molecular formula is C10H13F3N6O2. The normalized spacial score (nSPS) is 18.9. The van der Waals surface area contributed by atoms with Crippen molar-refractivity contribution in [3.8, 4) is 6.01 Å². The van der Waals surface area contributed by atoms with E-state index in [4.69, 9.17) is 11.3 Å². The van der Waals surface area contributed by atoms with Gasteiger partial charge in [0.2, 0.25) is 0 Å². The molecule has 1 atom stereocenters. The fourth-order valence-corrected chi connectivity index (χ4v) is 1.91. The van der Waals surface area contributed by atoms with E-state index in [1.54, 1.807) is 4.90 Å². The molecule has 0 amide bonds. The number of rotatable bonds is 4. The first-order valence-electron chi connectivity index (χ1n) is 5.97. The van der Waals surface area contributed by atoms with E-state index in [1.165, 1.54) is 0 Å².